The van der Waals surface area contributed by atoms with Crippen molar-refractivity contribution in [2.45, 2.75) is 26.2 Å². The molecule has 4 nitrogen and oxygen atoms in total. The Kier molecular flexibility index (Phi) is 3.80. The summed E-state index contributed by atoms with van der Waals surface area (Å²) >= 11 is 12.3. The Bertz CT molecular complexity index is 672. The molecule has 1 N–H and O–H groups in total. The number of carboxylic acid groups (broad SMARTS) is 1. The smallest absolute Gasteiger partial charge is 0.340 e. The lowest BCUT2D eigenvalue weighted by Gasteiger charge is -2.15. The van der Waals surface area contributed by atoms with E-state index in [4.69, 9.17) is 23.2 Å². The number of rotatable bonds is 2. The molecule has 0 aliphatic heterocycles. The summed E-state index contributed by atoms with van der Waals surface area (Å²) in [5.74, 6) is -1.10. The van der Waals surface area contributed by atoms with Crippen LogP contribution >= 0.6 is 23.2 Å². The second kappa shape index (κ2) is 5.11. The van der Waals surface area contributed by atoms with Gasteiger partial charge in [-0.05, 0) is 12.1 Å². The highest BCUT2D eigenvalue weighted by molar-refractivity contribution is 6.34. The van der Waals surface area contributed by atoms with Gasteiger partial charge in [-0.2, -0.15) is 5.10 Å². The van der Waals surface area contributed by atoms with E-state index in [0.29, 0.717) is 16.4 Å². The zero-order valence-corrected chi connectivity index (χ0v) is 12.8. The second-order valence-electron chi connectivity index (χ2n) is 5.43. The molecule has 0 amide bonds. The first kappa shape index (κ1) is 14.9. The SMILES string of the molecule is CC(C)(C)c1nn(-c2ccccc2Cl)c(Cl)c1C(=O)O. The molecule has 0 fully saturated rings. The van der Waals surface area contributed by atoms with E-state index in [1.165, 1.54) is 4.68 Å². The number of aromatic carboxylic acids is 1. The predicted octanol–water partition coefficient (Wildman–Crippen LogP) is 4.17. The Labute approximate surface area is 126 Å². The fourth-order valence-electron chi connectivity index (χ4n) is 1.90. The van der Waals surface area contributed by atoms with E-state index in [9.17, 15) is 9.90 Å². The van der Waals surface area contributed by atoms with E-state index in [2.05, 4.69) is 5.10 Å². The van der Waals surface area contributed by atoms with Crippen molar-refractivity contribution >= 4 is 29.2 Å². The molecule has 20 heavy (non-hydrogen) atoms. The highest BCUT2D eigenvalue weighted by atomic mass is 35.5. The fraction of sp³-hybridized carbons (Fsp3) is 0.286. The molecule has 1 heterocycles. The number of hydrogen-bond donors (Lipinski definition) is 1. The molecule has 0 unspecified atom stereocenters. The van der Waals surface area contributed by atoms with Gasteiger partial charge in [-0.3, -0.25) is 0 Å². The maximum atomic E-state index is 11.4. The van der Waals surface area contributed by atoms with Gasteiger partial charge in [0.1, 0.15) is 10.7 Å². The number of hydrogen-bond acceptors (Lipinski definition) is 2. The van der Waals surface area contributed by atoms with Crippen molar-refractivity contribution in [1.29, 1.82) is 0 Å². The molecule has 2 rings (SSSR count). The minimum atomic E-state index is -1.10. The highest BCUT2D eigenvalue weighted by Crippen LogP contribution is 2.33. The van der Waals surface area contributed by atoms with E-state index < -0.39 is 11.4 Å². The van der Waals surface area contributed by atoms with Crippen molar-refractivity contribution in [1.82, 2.24) is 9.78 Å². The predicted molar refractivity (Wildman–Crippen MR) is 79.2 cm³/mol. The van der Waals surface area contributed by atoms with E-state index in [1.54, 1.807) is 24.3 Å². The quantitative estimate of drug-likeness (QED) is 0.905. The Hall–Kier alpha value is -1.52. The molecule has 6 heteroatoms. The number of nitrogens with zero attached hydrogens (tertiary/aromatic N) is 2. The molecular formula is C14H14Cl2N2O2. The number of halogens is 2. The van der Waals surface area contributed by atoms with Crippen LogP contribution in [0.25, 0.3) is 5.69 Å². The maximum absolute atomic E-state index is 11.4. The number of para-hydroxylation sites is 1. The first-order valence-corrected chi connectivity index (χ1v) is 6.76. The first-order valence-electron chi connectivity index (χ1n) is 6.00. The van der Waals surface area contributed by atoms with E-state index in [-0.39, 0.29) is 10.7 Å². The minimum Gasteiger partial charge on any atom is -0.478 e. The van der Waals surface area contributed by atoms with Crippen molar-refractivity contribution in [2.24, 2.45) is 0 Å². The van der Waals surface area contributed by atoms with Crippen molar-refractivity contribution in [3.8, 4) is 5.69 Å². The summed E-state index contributed by atoms with van der Waals surface area (Å²) in [7, 11) is 0. The van der Waals surface area contributed by atoms with Gasteiger partial charge >= 0.3 is 5.97 Å². The summed E-state index contributed by atoms with van der Waals surface area (Å²) in [5.41, 5.74) is 0.551. The number of carbonyl (C=O) groups is 1. The monoisotopic (exact) mass is 312 g/mol. The molecule has 106 valence electrons. The van der Waals surface area contributed by atoms with Crippen LogP contribution < -0.4 is 0 Å². The van der Waals surface area contributed by atoms with Gasteiger partial charge in [0.2, 0.25) is 0 Å². The summed E-state index contributed by atoms with van der Waals surface area (Å²) in [6.07, 6.45) is 0. The fourth-order valence-corrected chi connectivity index (χ4v) is 2.41. The van der Waals surface area contributed by atoms with Crippen LogP contribution in [-0.2, 0) is 5.41 Å². The topological polar surface area (TPSA) is 55.1 Å². The van der Waals surface area contributed by atoms with Gasteiger partial charge < -0.3 is 5.11 Å². The molecule has 0 aliphatic carbocycles. The Morgan fingerprint density at radius 2 is 1.85 bits per heavy atom. The third-order valence-corrected chi connectivity index (χ3v) is 3.50. The lowest BCUT2D eigenvalue weighted by molar-refractivity contribution is 0.0694. The normalized spacial score (nSPS) is 11.7. The van der Waals surface area contributed by atoms with Crippen LogP contribution in [0.2, 0.25) is 10.2 Å². The van der Waals surface area contributed by atoms with Crippen molar-refractivity contribution < 1.29 is 9.90 Å². The largest absolute Gasteiger partial charge is 0.478 e. The molecule has 0 bridgehead atoms. The van der Waals surface area contributed by atoms with Gasteiger partial charge in [0.05, 0.1) is 16.4 Å². The molecule has 0 saturated heterocycles. The third-order valence-electron chi connectivity index (χ3n) is 2.83. The Morgan fingerprint density at radius 3 is 2.30 bits per heavy atom. The van der Waals surface area contributed by atoms with Crippen LogP contribution in [0.1, 0.15) is 36.8 Å². The zero-order chi connectivity index (χ0) is 15.1. The van der Waals surface area contributed by atoms with Gasteiger partial charge in [0, 0.05) is 5.41 Å². The Morgan fingerprint density at radius 1 is 1.25 bits per heavy atom. The van der Waals surface area contributed by atoms with Gasteiger partial charge in [0.25, 0.3) is 0 Å². The van der Waals surface area contributed by atoms with Gasteiger partial charge in [0.15, 0.2) is 0 Å². The summed E-state index contributed by atoms with van der Waals surface area (Å²) in [5, 5.41) is 14.2. The average Bonchev–Trinajstić information content (AvgIpc) is 2.67. The third kappa shape index (κ3) is 2.53. The summed E-state index contributed by atoms with van der Waals surface area (Å²) in [6, 6.07) is 7.01. The van der Waals surface area contributed by atoms with Gasteiger partial charge in [-0.1, -0.05) is 56.1 Å². The minimum absolute atomic E-state index is 0.0130. The molecule has 0 aliphatic rings. The van der Waals surface area contributed by atoms with E-state index >= 15 is 0 Å². The number of benzene rings is 1. The van der Waals surface area contributed by atoms with Crippen molar-refractivity contribution in [3.05, 3.63) is 45.7 Å². The Balaban J connectivity index is 2.75. The lowest BCUT2D eigenvalue weighted by Crippen LogP contribution is -2.16. The molecule has 0 radical (unpaired) electrons. The average molecular weight is 313 g/mol. The molecule has 1 aromatic carbocycles. The summed E-state index contributed by atoms with van der Waals surface area (Å²) in [4.78, 5) is 11.4. The maximum Gasteiger partial charge on any atom is 0.340 e. The van der Waals surface area contributed by atoms with Crippen LogP contribution in [-0.4, -0.2) is 20.9 Å². The van der Waals surface area contributed by atoms with Crippen LogP contribution in [0.5, 0.6) is 0 Å². The van der Waals surface area contributed by atoms with Crippen LogP contribution in [0.3, 0.4) is 0 Å². The molecule has 0 atom stereocenters. The molecule has 0 saturated carbocycles. The standard InChI is InChI=1S/C14H14Cl2N2O2/c1-14(2,3)11-10(13(19)20)12(16)18(17-11)9-7-5-4-6-8(9)15/h4-7H,1-3H3,(H,19,20). The molecular weight excluding hydrogens is 299 g/mol. The molecule has 1 aromatic heterocycles. The number of carboxylic acids is 1. The molecule has 2 aromatic rings. The van der Waals surface area contributed by atoms with E-state index in [1.807, 2.05) is 20.8 Å². The van der Waals surface area contributed by atoms with Crippen LogP contribution in [0.15, 0.2) is 24.3 Å². The highest BCUT2D eigenvalue weighted by Gasteiger charge is 2.30. The van der Waals surface area contributed by atoms with Crippen LogP contribution in [0.4, 0.5) is 0 Å². The molecule has 0 spiro atoms. The van der Waals surface area contributed by atoms with Crippen molar-refractivity contribution in [2.75, 3.05) is 0 Å². The first-order chi connectivity index (χ1) is 9.23. The van der Waals surface area contributed by atoms with E-state index in [0.717, 1.165) is 0 Å². The van der Waals surface area contributed by atoms with Gasteiger partial charge in [-0.25, -0.2) is 9.48 Å². The second-order valence-corrected chi connectivity index (χ2v) is 6.20. The zero-order valence-electron chi connectivity index (χ0n) is 11.3. The summed E-state index contributed by atoms with van der Waals surface area (Å²) < 4.78 is 1.37. The lowest BCUT2D eigenvalue weighted by atomic mass is 9.89. The van der Waals surface area contributed by atoms with Gasteiger partial charge in [-0.15, -0.1) is 0 Å². The summed E-state index contributed by atoms with van der Waals surface area (Å²) in [6.45, 7) is 5.65. The number of aromatic nitrogens is 2. The van der Waals surface area contributed by atoms with Crippen molar-refractivity contribution in [3.63, 3.8) is 0 Å². The van der Waals surface area contributed by atoms with Crippen LogP contribution in [0, 0.1) is 0 Å².